The number of nitrogen functional groups attached to an aromatic ring is 1. The molecule has 0 bridgehead atoms. The molecule has 3 rings (SSSR count). The highest BCUT2D eigenvalue weighted by atomic mass is 16.2. The van der Waals surface area contributed by atoms with Gasteiger partial charge < -0.3 is 10.7 Å². The standard InChI is InChI=1S/C10H8N6O2/c11-5-1-4(2-12-3-5)7-13-6-8(14-7)15-10(18)16-9(6)17/h1-3H,11H2,(H3,13,14,15,16,17,18). The fraction of sp³-hybridized carbons (Fsp3) is 0. The number of rotatable bonds is 1. The van der Waals surface area contributed by atoms with E-state index in [-0.39, 0.29) is 11.2 Å². The van der Waals surface area contributed by atoms with Crippen LogP contribution in [-0.4, -0.2) is 24.9 Å². The Labute approximate surface area is 98.9 Å². The minimum atomic E-state index is -0.601. The molecule has 0 fully saturated rings. The van der Waals surface area contributed by atoms with Crippen molar-refractivity contribution in [2.45, 2.75) is 0 Å². The second-order valence-electron chi connectivity index (χ2n) is 3.72. The summed E-state index contributed by atoms with van der Waals surface area (Å²) in [6.07, 6.45) is 3.06. The summed E-state index contributed by atoms with van der Waals surface area (Å²) in [6, 6.07) is 1.66. The molecular weight excluding hydrogens is 236 g/mol. The first kappa shape index (κ1) is 10.3. The van der Waals surface area contributed by atoms with Gasteiger partial charge in [-0.3, -0.25) is 19.7 Å². The van der Waals surface area contributed by atoms with Gasteiger partial charge in [0.25, 0.3) is 5.56 Å². The Hall–Kier alpha value is -2.90. The van der Waals surface area contributed by atoms with Gasteiger partial charge in [-0.1, -0.05) is 0 Å². The van der Waals surface area contributed by atoms with Crippen LogP contribution in [0.1, 0.15) is 0 Å². The number of aromatic amines is 3. The van der Waals surface area contributed by atoms with Crippen LogP contribution in [0.2, 0.25) is 0 Å². The third kappa shape index (κ3) is 1.56. The number of hydrogen-bond donors (Lipinski definition) is 4. The maximum Gasteiger partial charge on any atom is 0.327 e. The summed E-state index contributed by atoms with van der Waals surface area (Å²) in [6.45, 7) is 0. The zero-order chi connectivity index (χ0) is 12.7. The van der Waals surface area contributed by atoms with Crippen molar-refractivity contribution in [3.63, 3.8) is 0 Å². The van der Waals surface area contributed by atoms with Crippen LogP contribution in [0.15, 0.2) is 28.0 Å². The number of pyridine rings is 1. The first-order chi connectivity index (χ1) is 8.63. The number of nitrogens with one attached hydrogen (secondary N) is 3. The molecule has 0 radical (unpaired) electrons. The molecule has 0 spiro atoms. The van der Waals surface area contributed by atoms with Gasteiger partial charge in [-0.15, -0.1) is 0 Å². The average Bonchev–Trinajstić information content (AvgIpc) is 2.73. The lowest BCUT2D eigenvalue weighted by atomic mass is 10.2. The highest BCUT2D eigenvalue weighted by Crippen LogP contribution is 2.17. The van der Waals surface area contributed by atoms with Gasteiger partial charge in [0.1, 0.15) is 11.3 Å². The first-order valence-corrected chi connectivity index (χ1v) is 5.07. The second kappa shape index (κ2) is 3.55. The minimum Gasteiger partial charge on any atom is -0.397 e. The van der Waals surface area contributed by atoms with Gasteiger partial charge in [-0.25, -0.2) is 9.78 Å². The van der Waals surface area contributed by atoms with Crippen molar-refractivity contribution < 1.29 is 0 Å². The van der Waals surface area contributed by atoms with Gasteiger partial charge >= 0.3 is 5.69 Å². The normalized spacial score (nSPS) is 10.9. The average molecular weight is 244 g/mol. The maximum atomic E-state index is 11.5. The van der Waals surface area contributed by atoms with E-state index in [1.165, 1.54) is 6.20 Å². The molecule has 0 aliphatic heterocycles. The topological polar surface area (TPSA) is 133 Å². The molecular formula is C10H8N6O2. The quantitative estimate of drug-likeness (QED) is 0.461. The Kier molecular flexibility index (Phi) is 2.03. The summed E-state index contributed by atoms with van der Waals surface area (Å²) in [5.41, 5.74) is 6.00. The maximum absolute atomic E-state index is 11.5. The molecule has 0 amide bonds. The van der Waals surface area contributed by atoms with E-state index in [2.05, 4.69) is 24.9 Å². The molecule has 8 heteroatoms. The summed E-state index contributed by atoms with van der Waals surface area (Å²) >= 11 is 0. The summed E-state index contributed by atoms with van der Waals surface area (Å²) in [7, 11) is 0. The molecule has 90 valence electrons. The highest BCUT2D eigenvalue weighted by molar-refractivity contribution is 5.75. The molecule has 0 aromatic carbocycles. The Morgan fingerprint density at radius 2 is 1.94 bits per heavy atom. The molecule has 0 saturated carbocycles. The molecule has 0 aliphatic carbocycles. The zero-order valence-electron chi connectivity index (χ0n) is 9.02. The van der Waals surface area contributed by atoms with Crippen LogP contribution in [0.4, 0.5) is 5.69 Å². The van der Waals surface area contributed by atoms with Crippen molar-refractivity contribution in [1.29, 1.82) is 0 Å². The summed E-state index contributed by atoms with van der Waals surface area (Å²) < 4.78 is 0. The predicted octanol–water partition coefficient (Wildman–Crippen LogP) is -0.416. The zero-order valence-corrected chi connectivity index (χ0v) is 9.02. The number of imidazole rings is 1. The van der Waals surface area contributed by atoms with E-state index in [0.717, 1.165) is 0 Å². The van der Waals surface area contributed by atoms with E-state index >= 15 is 0 Å². The van der Waals surface area contributed by atoms with E-state index < -0.39 is 11.2 Å². The Morgan fingerprint density at radius 3 is 2.72 bits per heavy atom. The monoisotopic (exact) mass is 244 g/mol. The van der Waals surface area contributed by atoms with Crippen LogP contribution in [0.3, 0.4) is 0 Å². The van der Waals surface area contributed by atoms with Crippen LogP contribution in [0.5, 0.6) is 0 Å². The van der Waals surface area contributed by atoms with E-state index in [9.17, 15) is 9.59 Å². The number of nitrogens with zero attached hydrogens (tertiary/aromatic N) is 2. The van der Waals surface area contributed by atoms with Gasteiger partial charge in [0.2, 0.25) is 0 Å². The molecule has 18 heavy (non-hydrogen) atoms. The summed E-state index contributed by atoms with van der Waals surface area (Å²) in [4.78, 5) is 38.0. The number of anilines is 1. The Balaban J connectivity index is 2.29. The number of hydrogen-bond acceptors (Lipinski definition) is 5. The lowest BCUT2D eigenvalue weighted by molar-refractivity contribution is 1.07. The van der Waals surface area contributed by atoms with Crippen LogP contribution in [-0.2, 0) is 0 Å². The lowest BCUT2D eigenvalue weighted by Gasteiger charge is -1.96. The largest absolute Gasteiger partial charge is 0.397 e. The van der Waals surface area contributed by atoms with Crippen LogP contribution < -0.4 is 17.0 Å². The minimum absolute atomic E-state index is 0.196. The molecule has 0 saturated heterocycles. The molecule has 0 aliphatic rings. The highest BCUT2D eigenvalue weighted by Gasteiger charge is 2.09. The van der Waals surface area contributed by atoms with Gasteiger partial charge in [-0.2, -0.15) is 0 Å². The van der Waals surface area contributed by atoms with E-state index in [0.29, 0.717) is 17.1 Å². The molecule has 3 heterocycles. The smallest absolute Gasteiger partial charge is 0.327 e. The van der Waals surface area contributed by atoms with Gasteiger partial charge in [-0.05, 0) is 6.07 Å². The molecule has 0 atom stereocenters. The fourth-order valence-corrected chi connectivity index (χ4v) is 1.66. The van der Waals surface area contributed by atoms with Gasteiger partial charge in [0.15, 0.2) is 5.65 Å². The van der Waals surface area contributed by atoms with Crippen molar-refractivity contribution in [3.05, 3.63) is 39.3 Å². The predicted molar refractivity (Wildman–Crippen MR) is 65.0 cm³/mol. The summed E-state index contributed by atoms with van der Waals surface area (Å²) in [5.74, 6) is 0.414. The first-order valence-electron chi connectivity index (χ1n) is 5.07. The second-order valence-corrected chi connectivity index (χ2v) is 3.72. The van der Waals surface area contributed by atoms with Crippen molar-refractivity contribution in [2.24, 2.45) is 0 Å². The van der Waals surface area contributed by atoms with Crippen LogP contribution in [0, 0.1) is 0 Å². The number of nitrogens with two attached hydrogens (primary N) is 1. The number of aromatic nitrogens is 5. The molecule has 0 unspecified atom stereocenters. The molecule has 3 aromatic heterocycles. The van der Waals surface area contributed by atoms with Gasteiger partial charge in [0, 0.05) is 18.0 Å². The van der Waals surface area contributed by atoms with Crippen molar-refractivity contribution >= 4 is 16.9 Å². The van der Waals surface area contributed by atoms with Crippen LogP contribution in [0.25, 0.3) is 22.6 Å². The number of H-pyrrole nitrogens is 3. The van der Waals surface area contributed by atoms with E-state index in [1.807, 2.05) is 0 Å². The molecule has 8 nitrogen and oxygen atoms in total. The van der Waals surface area contributed by atoms with E-state index in [4.69, 9.17) is 5.73 Å². The van der Waals surface area contributed by atoms with Gasteiger partial charge in [0.05, 0.1) is 5.69 Å². The molecule has 3 aromatic rings. The third-order valence-electron chi connectivity index (χ3n) is 2.42. The van der Waals surface area contributed by atoms with Crippen LogP contribution >= 0.6 is 0 Å². The Morgan fingerprint density at radius 1 is 1.11 bits per heavy atom. The van der Waals surface area contributed by atoms with E-state index in [1.54, 1.807) is 12.3 Å². The molecule has 5 N–H and O–H groups in total. The van der Waals surface area contributed by atoms with Crippen molar-refractivity contribution in [2.75, 3.05) is 5.73 Å². The lowest BCUT2D eigenvalue weighted by Crippen LogP contribution is -2.21. The van der Waals surface area contributed by atoms with Crippen molar-refractivity contribution in [3.8, 4) is 11.4 Å². The third-order valence-corrected chi connectivity index (χ3v) is 2.42. The Bertz CT molecular complexity index is 843. The fourth-order valence-electron chi connectivity index (χ4n) is 1.66. The number of fused-ring (bicyclic) bond motifs is 1. The summed E-state index contributed by atoms with van der Waals surface area (Å²) in [5, 5.41) is 0. The SMILES string of the molecule is Nc1cncc(-c2nc3[nH]c(=O)[nH]c(=O)c3[nH]2)c1. The van der Waals surface area contributed by atoms with Crippen molar-refractivity contribution in [1.82, 2.24) is 24.9 Å².